The van der Waals surface area contributed by atoms with Crippen LogP contribution in [0.1, 0.15) is 42.9 Å². The van der Waals surface area contributed by atoms with Gasteiger partial charge in [-0.2, -0.15) is 0 Å². The molecule has 1 aromatic carbocycles. The van der Waals surface area contributed by atoms with Gasteiger partial charge in [0.25, 0.3) is 0 Å². The number of ether oxygens (including phenoxy) is 2. The van der Waals surface area contributed by atoms with Gasteiger partial charge < -0.3 is 24.8 Å². The topological polar surface area (TPSA) is 66.8 Å². The number of hydrogen-bond donors (Lipinski definition) is 2. The molecule has 0 amide bonds. The van der Waals surface area contributed by atoms with Crippen LogP contribution < -0.4 is 5.32 Å². The number of nitrogens with zero attached hydrogens (tertiary/aromatic N) is 2. The summed E-state index contributed by atoms with van der Waals surface area (Å²) in [6.45, 7) is 10.1. The van der Waals surface area contributed by atoms with Gasteiger partial charge in [0.05, 0.1) is 19.3 Å². The van der Waals surface area contributed by atoms with Crippen LogP contribution in [0.3, 0.4) is 0 Å². The third kappa shape index (κ3) is 7.82. The van der Waals surface area contributed by atoms with Gasteiger partial charge in [0, 0.05) is 37.9 Å². The van der Waals surface area contributed by atoms with Crippen molar-refractivity contribution >= 4 is 5.57 Å². The second-order valence-corrected chi connectivity index (χ2v) is 10.2. The molecule has 1 aromatic heterocycles. The predicted octanol–water partition coefficient (Wildman–Crippen LogP) is 4.39. The molecule has 2 N–H and O–H groups in total. The van der Waals surface area contributed by atoms with Gasteiger partial charge in [-0.05, 0) is 86.2 Å². The lowest BCUT2D eigenvalue weighted by molar-refractivity contribution is -0.223. The van der Waals surface area contributed by atoms with E-state index in [4.69, 9.17) is 9.47 Å². The average Bonchev–Trinajstić information content (AvgIpc) is 3.33. The van der Waals surface area contributed by atoms with E-state index in [-0.39, 0.29) is 12.0 Å². The van der Waals surface area contributed by atoms with E-state index in [1.807, 2.05) is 12.4 Å². The molecule has 6 nitrogen and oxygen atoms in total. The molecule has 3 atom stereocenters. The lowest BCUT2D eigenvalue weighted by Gasteiger charge is -2.40. The van der Waals surface area contributed by atoms with Crippen LogP contribution in [0, 0.1) is 12.8 Å². The standard InChI is InChI=1S/C31H43N3O3/c1-25-8-3-4-9-29(25)30-10-5-15-31(26(30)2,37-23-7-20-34-21-14-28(35)24-34)36-22-6-16-32-17-11-27-12-18-33-19-13-27/h3-5,8-10,12-13,15,18-19,26,28,32,35H,6-7,11,14,16-17,20-24H2,1-2H3/t26?,28-,31?/m1/s1. The molecular formula is C31H43N3O3. The highest BCUT2D eigenvalue weighted by molar-refractivity contribution is 5.73. The largest absolute Gasteiger partial charge is 0.392 e. The van der Waals surface area contributed by atoms with Crippen molar-refractivity contribution in [2.24, 2.45) is 5.92 Å². The number of aliphatic hydroxyl groups is 1. The third-order valence-corrected chi connectivity index (χ3v) is 7.49. The molecule has 0 spiro atoms. The number of benzene rings is 1. The Morgan fingerprint density at radius 1 is 1.08 bits per heavy atom. The van der Waals surface area contributed by atoms with Gasteiger partial charge in [-0.3, -0.25) is 4.98 Å². The van der Waals surface area contributed by atoms with Crippen LogP contribution in [0.15, 0.2) is 67.0 Å². The van der Waals surface area contributed by atoms with E-state index < -0.39 is 5.79 Å². The van der Waals surface area contributed by atoms with Crippen molar-refractivity contribution in [1.82, 2.24) is 15.2 Å². The summed E-state index contributed by atoms with van der Waals surface area (Å²) >= 11 is 0. The van der Waals surface area contributed by atoms with Gasteiger partial charge in [-0.25, -0.2) is 0 Å². The van der Waals surface area contributed by atoms with Gasteiger partial charge in [0.2, 0.25) is 0 Å². The van der Waals surface area contributed by atoms with Crippen LogP contribution in [-0.4, -0.2) is 72.8 Å². The number of rotatable bonds is 14. The first-order chi connectivity index (χ1) is 18.1. The van der Waals surface area contributed by atoms with Crippen LogP contribution in [-0.2, 0) is 15.9 Å². The van der Waals surface area contributed by atoms with Crippen LogP contribution >= 0.6 is 0 Å². The fraction of sp³-hybridized carbons (Fsp3) is 0.516. The molecule has 2 unspecified atom stereocenters. The molecule has 1 aliphatic heterocycles. The normalized spacial score (nSPS) is 23.9. The van der Waals surface area contributed by atoms with Crippen LogP contribution in [0.25, 0.3) is 5.57 Å². The van der Waals surface area contributed by atoms with E-state index >= 15 is 0 Å². The predicted molar refractivity (Wildman–Crippen MR) is 149 cm³/mol. The van der Waals surface area contributed by atoms with Crippen molar-refractivity contribution in [3.05, 3.63) is 83.7 Å². The number of hydrogen-bond acceptors (Lipinski definition) is 6. The summed E-state index contributed by atoms with van der Waals surface area (Å²) in [7, 11) is 0. The average molecular weight is 506 g/mol. The molecule has 2 aromatic rings. The summed E-state index contributed by atoms with van der Waals surface area (Å²) in [6, 6.07) is 12.7. The number of aryl methyl sites for hydroxylation is 1. The maximum absolute atomic E-state index is 9.81. The fourth-order valence-electron chi connectivity index (χ4n) is 5.27. The Morgan fingerprint density at radius 2 is 1.86 bits per heavy atom. The summed E-state index contributed by atoms with van der Waals surface area (Å²) in [4.78, 5) is 6.40. The van der Waals surface area contributed by atoms with Crippen LogP contribution in [0.2, 0.25) is 0 Å². The van der Waals surface area contributed by atoms with Gasteiger partial charge >= 0.3 is 0 Å². The number of aromatic nitrogens is 1. The summed E-state index contributed by atoms with van der Waals surface area (Å²) in [5.41, 5.74) is 5.06. The molecule has 1 aliphatic carbocycles. The van der Waals surface area contributed by atoms with E-state index in [0.29, 0.717) is 13.2 Å². The minimum absolute atomic E-state index is 0.0619. The van der Waals surface area contributed by atoms with Gasteiger partial charge in [-0.15, -0.1) is 0 Å². The second kappa shape index (κ2) is 14.0. The van der Waals surface area contributed by atoms with Crippen molar-refractivity contribution in [3.8, 4) is 0 Å². The zero-order chi connectivity index (χ0) is 25.9. The fourth-order valence-corrected chi connectivity index (χ4v) is 5.27. The zero-order valence-corrected chi connectivity index (χ0v) is 22.4. The minimum atomic E-state index is -0.784. The number of likely N-dealkylation sites (tertiary alicyclic amines) is 1. The molecule has 0 radical (unpaired) electrons. The first kappa shape index (κ1) is 27.7. The Labute approximate surface area is 222 Å². The lowest BCUT2D eigenvalue weighted by atomic mass is 9.82. The second-order valence-electron chi connectivity index (χ2n) is 10.2. The number of allylic oxidation sites excluding steroid dienone is 2. The van der Waals surface area contributed by atoms with E-state index in [2.05, 4.69) is 83.7 Å². The first-order valence-electron chi connectivity index (χ1n) is 13.8. The smallest absolute Gasteiger partial charge is 0.194 e. The Kier molecular flexibility index (Phi) is 10.5. The van der Waals surface area contributed by atoms with Crippen molar-refractivity contribution in [2.45, 2.75) is 51.4 Å². The van der Waals surface area contributed by atoms with Crippen LogP contribution in [0.5, 0.6) is 0 Å². The van der Waals surface area contributed by atoms with Crippen molar-refractivity contribution in [1.29, 1.82) is 0 Å². The van der Waals surface area contributed by atoms with Crippen molar-refractivity contribution in [2.75, 3.05) is 45.9 Å². The van der Waals surface area contributed by atoms with Gasteiger partial charge in [0.1, 0.15) is 0 Å². The Morgan fingerprint density at radius 3 is 2.62 bits per heavy atom. The SMILES string of the molecule is Cc1ccccc1C1=CC=CC(OCCCNCCc2ccncc2)(OCCCN2CC[C@@H](O)C2)C1C. The minimum Gasteiger partial charge on any atom is -0.392 e. The highest BCUT2D eigenvalue weighted by atomic mass is 16.7. The number of pyridine rings is 1. The van der Waals surface area contributed by atoms with Crippen LogP contribution in [0.4, 0.5) is 0 Å². The highest BCUT2D eigenvalue weighted by Crippen LogP contribution is 2.40. The van der Waals surface area contributed by atoms with Crippen molar-refractivity contribution < 1.29 is 14.6 Å². The summed E-state index contributed by atoms with van der Waals surface area (Å²) in [5.74, 6) is -0.722. The number of nitrogens with one attached hydrogen (secondary N) is 1. The molecular weight excluding hydrogens is 462 g/mol. The van der Waals surface area contributed by atoms with Gasteiger partial charge in [-0.1, -0.05) is 43.3 Å². The molecule has 2 heterocycles. The molecule has 1 saturated heterocycles. The quantitative estimate of drug-likeness (QED) is 0.293. The molecule has 0 saturated carbocycles. The Bertz CT molecular complexity index is 1030. The van der Waals surface area contributed by atoms with Gasteiger partial charge in [0.15, 0.2) is 5.79 Å². The number of β-amino-alcohol motifs (C(OH)–C–C–N with tert-alkyl or cyclic N) is 1. The highest BCUT2D eigenvalue weighted by Gasteiger charge is 2.40. The summed E-state index contributed by atoms with van der Waals surface area (Å²) < 4.78 is 13.2. The van der Waals surface area contributed by atoms with Crippen molar-refractivity contribution in [3.63, 3.8) is 0 Å². The van der Waals surface area contributed by atoms with E-state index in [1.54, 1.807) is 0 Å². The Hall–Kier alpha value is -2.35. The summed E-state index contributed by atoms with van der Waals surface area (Å²) in [5, 5.41) is 13.3. The maximum Gasteiger partial charge on any atom is 0.194 e. The molecule has 1 fully saturated rings. The van der Waals surface area contributed by atoms with E-state index in [9.17, 15) is 5.11 Å². The molecule has 2 aliphatic rings. The zero-order valence-electron chi connectivity index (χ0n) is 22.4. The molecule has 200 valence electrons. The monoisotopic (exact) mass is 505 g/mol. The Balaban J connectivity index is 1.31. The summed E-state index contributed by atoms with van der Waals surface area (Å²) in [6.07, 6.45) is 13.6. The number of aliphatic hydroxyl groups excluding tert-OH is 1. The lowest BCUT2D eigenvalue weighted by Crippen LogP contribution is -2.43. The van der Waals surface area contributed by atoms with E-state index in [1.165, 1.54) is 22.3 Å². The molecule has 6 heteroatoms. The molecule has 0 bridgehead atoms. The first-order valence-corrected chi connectivity index (χ1v) is 13.8. The van der Waals surface area contributed by atoms with E-state index in [0.717, 1.165) is 58.4 Å². The third-order valence-electron chi connectivity index (χ3n) is 7.49. The molecule has 4 rings (SSSR count). The molecule has 37 heavy (non-hydrogen) atoms. The maximum atomic E-state index is 9.81.